The fraction of sp³-hybridized carbons (Fsp3) is 0.0833. The molecular formula is C24H17NO6. The van der Waals surface area contributed by atoms with E-state index in [0.717, 1.165) is 5.56 Å². The van der Waals surface area contributed by atoms with Gasteiger partial charge in [-0.25, -0.2) is 4.79 Å². The van der Waals surface area contributed by atoms with Gasteiger partial charge in [0, 0.05) is 17.7 Å². The third-order valence-corrected chi connectivity index (χ3v) is 4.89. The average Bonchev–Trinajstić information content (AvgIpc) is 3.06. The topological polar surface area (TPSA) is 95.7 Å². The van der Waals surface area contributed by atoms with E-state index in [1.807, 2.05) is 13.0 Å². The standard InChI is InChI=1S/C24H17NO6/c1-14-4-3-5-17(12-14)24(27)31-20-11-10-19-22(26)21(30-23(19)15(20)2)13-16-6-8-18(9-7-16)25(28)29/h3-13H,1-2H3/b21-13-. The molecule has 0 aromatic heterocycles. The Morgan fingerprint density at radius 1 is 1.06 bits per heavy atom. The number of Topliss-reactive ketones (excluding diaryl/α,β-unsaturated/α-hetero) is 1. The molecule has 154 valence electrons. The van der Waals surface area contributed by atoms with Gasteiger partial charge in [0.05, 0.1) is 16.1 Å². The number of nitrogens with zero attached hydrogens (tertiary/aromatic N) is 1. The number of ether oxygens (including phenoxy) is 2. The monoisotopic (exact) mass is 415 g/mol. The number of carbonyl (C=O) groups is 2. The summed E-state index contributed by atoms with van der Waals surface area (Å²) in [5, 5.41) is 10.8. The molecule has 3 aromatic carbocycles. The van der Waals surface area contributed by atoms with Crippen molar-refractivity contribution in [2.75, 3.05) is 0 Å². The van der Waals surface area contributed by atoms with Gasteiger partial charge in [-0.1, -0.05) is 17.7 Å². The minimum atomic E-state index is -0.502. The Labute approximate surface area is 177 Å². The molecule has 0 bridgehead atoms. The lowest BCUT2D eigenvalue weighted by atomic mass is 10.1. The molecular weight excluding hydrogens is 398 g/mol. The van der Waals surface area contributed by atoms with Crippen molar-refractivity contribution in [1.29, 1.82) is 0 Å². The molecule has 1 aliphatic heterocycles. The van der Waals surface area contributed by atoms with Gasteiger partial charge < -0.3 is 9.47 Å². The average molecular weight is 415 g/mol. The van der Waals surface area contributed by atoms with Crippen LogP contribution in [-0.2, 0) is 0 Å². The normalized spacial score (nSPS) is 13.6. The van der Waals surface area contributed by atoms with Crippen LogP contribution in [0.2, 0.25) is 0 Å². The first-order chi connectivity index (χ1) is 14.8. The maximum absolute atomic E-state index is 12.7. The summed E-state index contributed by atoms with van der Waals surface area (Å²) in [5.74, 6) is -0.0952. The van der Waals surface area contributed by atoms with Crippen LogP contribution in [0.3, 0.4) is 0 Å². The molecule has 31 heavy (non-hydrogen) atoms. The highest BCUT2D eigenvalue weighted by Crippen LogP contribution is 2.39. The molecule has 0 saturated carbocycles. The van der Waals surface area contributed by atoms with Crippen LogP contribution >= 0.6 is 0 Å². The maximum atomic E-state index is 12.7. The second kappa shape index (κ2) is 7.87. The highest BCUT2D eigenvalue weighted by Gasteiger charge is 2.30. The third kappa shape index (κ3) is 3.93. The lowest BCUT2D eigenvalue weighted by Gasteiger charge is -2.10. The Hall–Kier alpha value is -4.26. The van der Waals surface area contributed by atoms with Gasteiger partial charge >= 0.3 is 5.97 Å². The number of aryl methyl sites for hydroxylation is 1. The summed E-state index contributed by atoms with van der Waals surface area (Å²) in [7, 11) is 0. The summed E-state index contributed by atoms with van der Waals surface area (Å²) in [6.07, 6.45) is 1.52. The van der Waals surface area contributed by atoms with Gasteiger partial charge in [0.25, 0.3) is 5.69 Å². The van der Waals surface area contributed by atoms with Gasteiger partial charge in [0.1, 0.15) is 11.5 Å². The second-order valence-electron chi connectivity index (χ2n) is 7.11. The van der Waals surface area contributed by atoms with Crippen molar-refractivity contribution in [2.24, 2.45) is 0 Å². The minimum absolute atomic E-state index is 0.0417. The van der Waals surface area contributed by atoms with Crippen LogP contribution in [0, 0.1) is 24.0 Å². The van der Waals surface area contributed by atoms with Crippen LogP contribution in [0.5, 0.6) is 11.5 Å². The molecule has 0 unspecified atom stereocenters. The summed E-state index contributed by atoms with van der Waals surface area (Å²) in [6, 6.07) is 16.0. The van der Waals surface area contributed by atoms with Gasteiger partial charge in [-0.05, 0) is 61.9 Å². The lowest BCUT2D eigenvalue weighted by molar-refractivity contribution is -0.384. The summed E-state index contributed by atoms with van der Waals surface area (Å²) >= 11 is 0. The summed E-state index contributed by atoms with van der Waals surface area (Å²) < 4.78 is 11.3. The van der Waals surface area contributed by atoms with Gasteiger partial charge in [-0.3, -0.25) is 14.9 Å². The predicted molar refractivity (Wildman–Crippen MR) is 113 cm³/mol. The fourth-order valence-corrected chi connectivity index (χ4v) is 3.25. The number of ketones is 1. The molecule has 0 atom stereocenters. The molecule has 0 spiro atoms. The van der Waals surface area contributed by atoms with E-state index in [2.05, 4.69) is 0 Å². The zero-order valence-electron chi connectivity index (χ0n) is 16.7. The molecule has 1 heterocycles. The number of nitro benzene ring substituents is 1. The van der Waals surface area contributed by atoms with E-state index in [9.17, 15) is 19.7 Å². The smallest absolute Gasteiger partial charge is 0.343 e. The first kappa shape index (κ1) is 20.0. The van der Waals surface area contributed by atoms with E-state index in [1.165, 1.54) is 30.3 Å². The van der Waals surface area contributed by atoms with Crippen molar-refractivity contribution in [1.82, 2.24) is 0 Å². The number of fused-ring (bicyclic) bond motifs is 1. The zero-order chi connectivity index (χ0) is 22.1. The Kier molecular flexibility index (Phi) is 5.09. The van der Waals surface area contributed by atoms with E-state index < -0.39 is 10.9 Å². The molecule has 7 nitrogen and oxygen atoms in total. The predicted octanol–water partition coefficient (Wildman–Crippen LogP) is 5.05. The van der Waals surface area contributed by atoms with Crippen LogP contribution in [0.15, 0.2) is 66.4 Å². The Bertz CT molecular complexity index is 1260. The van der Waals surface area contributed by atoms with E-state index >= 15 is 0 Å². The number of hydrogen-bond acceptors (Lipinski definition) is 6. The molecule has 7 heteroatoms. The molecule has 0 radical (unpaired) electrons. The van der Waals surface area contributed by atoms with Crippen molar-refractivity contribution in [3.05, 3.63) is 104 Å². The van der Waals surface area contributed by atoms with Gasteiger partial charge in [-0.15, -0.1) is 0 Å². The Balaban J connectivity index is 1.59. The fourth-order valence-electron chi connectivity index (χ4n) is 3.25. The van der Waals surface area contributed by atoms with Gasteiger partial charge in [-0.2, -0.15) is 0 Å². The zero-order valence-corrected chi connectivity index (χ0v) is 16.7. The van der Waals surface area contributed by atoms with Gasteiger partial charge in [0.15, 0.2) is 5.76 Å². The van der Waals surface area contributed by atoms with Crippen LogP contribution in [0.25, 0.3) is 6.08 Å². The molecule has 0 fully saturated rings. The number of non-ortho nitro benzene ring substituents is 1. The van der Waals surface area contributed by atoms with E-state index in [4.69, 9.17) is 9.47 Å². The molecule has 0 N–H and O–H groups in total. The van der Waals surface area contributed by atoms with Crippen molar-refractivity contribution < 1.29 is 24.0 Å². The minimum Gasteiger partial charge on any atom is -0.452 e. The van der Waals surface area contributed by atoms with Crippen molar-refractivity contribution in [2.45, 2.75) is 13.8 Å². The molecule has 0 amide bonds. The van der Waals surface area contributed by atoms with Crippen molar-refractivity contribution >= 4 is 23.5 Å². The molecule has 0 saturated heterocycles. The number of hydrogen-bond donors (Lipinski definition) is 0. The summed E-state index contributed by atoms with van der Waals surface area (Å²) in [4.78, 5) is 35.5. The number of carbonyl (C=O) groups excluding carboxylic acids is 2. The SMILES string of the molecule is Cc1cccc(C(=O)Oc2ccc3c(c2C)O/C(=C\c2ccc([N+](=O)[O-])cc2)C3=O)c1. The highest BCUT2D eigenvalue weighted by molar-refractivity contribution is 6.15. The van der Waals surface area contributed by atoms with Crippen molar-refractivity contribution in [3.8, 4) is 11.5 Å². The van der Waals surface area contributed by atoms with E-state index in [1.54, 1.807) is 37.3 Å². The third-order valence-electron chi connectivity index (χ3n) is 4.89. The number of esters is 1. The van der Waals surface area contributed by atoms with E-state index in [0.29, 0.717) is 33.8 Å². The molecule has 0 aliphatic carbocycles. The molecule has 4 rings (SSSR count). The number of rotatable bonds is 4. The largest absolute Gasteiger partial charge is 0.452 e. The first-order valence-electron chi connectivity index (χ1n) is 9.44. The maximum Gasteiger partial charge on any atom is 0.343 e. The molecule has 3 aromatic rings. The van der Waals surface area contributed by atoms with Crippen LogP contribution in [0.1, 0.15) is 37.4 Å². The quantitative estimate of drug-likeness (QED) is 0.195. The summed E-state index contributed by atoms with van der Waals surface area (Å²) in [6.45, 7) is 3.59. The number of benzene rings is 3. The van der Waals surface area contributed by atoms with Crippen molar-refractivity contribution in [3.63, 3.8) is 0 Å². The highest BCUT2D eigenvalue weighted by atomic mass is 16.6. The lowest BCUT2D eigenvalue weighted by Crippen LogP contribution is -2.09. The van der Waals surface area contributed by atoms with Crippen LogP contribution in [0.4, 0.5) is 5.69 Å². The Morgan fingerprint density at radius 3 is 2.48 bits per heavy atom. The number of allylic oxidation sites excluding steroid dienone is 1. The first-order valence-corrected chi connectivity index (χ1v) is 9.44. The van der Waals surface area contributed by atoms with Gasteiger partial charge in [0.2, 0.25) is 5.78 Å². The molecule has 1 aliphatic rings. The second-order valence-corrected chi connectivity index (χ2v) is 7.11. The van der Waals surface area contributed by atoms with Crippen LogP contribution < -0.4 is 9.47 Å². The van der Waals surface area contributed by atoms with E-state index in [-0.39, 0.29) is 17.2 Å². The summed E-state index contributed by atoms with van der Waals surface area (Å²) in [5.41, 5.74) is 2.80. The van der Waals surface area contributed by atoms with Crippen LogP contribution in [-0.4, -0.2) is 16.7 Å². The Morgan fingerprint density at radius 2 is 1.81 bits per heavy atom. The number of nitro groups is 1.